The Morgan fingerprint density at radius 1 is 1.11 bits per heavy atom. The van der Waals surface area contributed by atoms with Crippen molar-refractivity contribution in [2.45, 2.75) is 19.4 Å². The lowest BCUT2D eigenvalue weighted by molar-refractivity contribution is 0.120. The van der Waals surface area contributed by atoms with Gasteiger partial charge >= 0.3 is 8.97 Å². The van der Waals surface area contributed by atoms with E-state index in [4.69, 9.17) is 19.0 Å². The predicted octanol–water partition coefficient (Wildman–Crippen LogP) is 1.61. The van der Waals surface area contributed by atoms with E-state index in [9.17, 15) is 0 Å². The zero-order chi connectivity index (χ0) is 14.3. The molecular formula is C13H24N2O3Si. The summed E-state index contributed by atoms with van der Waals surface area (Å²) in [5.41, 5.74) is 6.87. The zero-order valence-corrected chi connectivity index (χ0v) is 13.1. The summed E-state index contributed by atoms with van der Waals surface area (Å²) >= 11 is 0. The molecule has 0 amide bonds. The number of para-hydroxylation sites is 1. The molecular weight excluding hydrogens is 260 g/mol. The highest BCUT2D eigenvalue weighted by Crippen LogP contribution is 2.23. The Hall–Kier alpha value is -0.923. The molecule has 5 nitrogen and oxygen atoms in total. The molecule has 1 rings (SSSR count). The SMILES string of the molecule is CO[Si](OC)(OC)N(CCC(C)N)c1ccccc1. The molecule has 1 aromatic rings. The third-order valence-electron chi connectivity index (χ3n) is 2.98. The molecule has 1 unspecified atom stereocenters. The van der Waals surface area contributed by atoms with E-state index in [1.54, 1.807) is 21.3 Å². The first kappa shape index (κ1) is 16.1. The number of benzene rings is 1. The van der Waals surface area contributed by atoms with Crippen molar-refractivity contribution >= 4 is 14.7 Å². The van der Waals surface area contributed by atoms with Crippen molar-refractivity contribution in [3.8, 4) is 0 Å². The van der Waals surface area contributed by atoms with Gasteiger partial charge in [0.05, 0.1) is 0 Å². The van der Waals surface area contributed by atoms with Crippen molar-refractivity contribution < 1.29 is 13.3 Å². The second-order valence-corrected chi connectivity index (χ2v) is 7.20. The van der Waals surface area contributed by atoms with Gasteiger partial charge in [-0.25, -0.2) is 0 Å². The van der Waals surface area contributed by atoms with Crippen LogP contribution < -0.4 is 10.3 Å². The first-order valence-corrected chi connectivity index (χ1v) is 8.00. The van der Waals surface area contributed by atoms with Crippen molar-refractivity contribution in [1.82, 2.24) is 0 Å². The molecule has 0 fully saturated rings. The van der Waals surface area contributed by atoms with Gasteiger partial charge in [-0.1, -0.05) is 18.2 Å². The normalized spacial score (nSPS) is 13.3. The van der Waals surface area contributed by atoms with Gasteiger partial charge in [-0.3, -0.25) is 0 Å². The van der Waals surface area contributed by atoms with E-state index < -0.39 is 8.97 Å². The van der Waals surface area contributed by atoms with Crippen molar-refractivity contribution in [2.24, 2.45) is 5.73 Å². The minimum atomic E-state index is -2.88. The van der Waals surface area contributed by atoms with E-state index in [1.165, 1.54) is 0 Å². The summed E-state index contributed by atoms with van der Waals surface area (Å²) in [6.07, 6.45) is 0.833. The maximum absolute atomic E-state index is 5.85. The standard InChI is InChI=1S/C13H24N2O3Si/c1-12(14)10-11-15(13-8-6-5-7-9-13)19(16-2,17-3)18-4/h5-9,12H,10-11,14H2,1-4H3. The van der Waals surface area contributed by atoms with Gasteiger partial charge in [0, 0.05) is 39.6 Å². The summed E-state index contributed by atoms with van der Waals surface area (Å²) < 4.78 is 18.7. The third kappa shape index (κ3) is 4.02. The first-order chi connectivity index (χ1) is 9.09. The predicted molar refractivity (Wildman–Crippen MR) is 78.8 cm³/mol. The number of rotatable bonds is 8. The van der Waals surface area contributed by atoms with Crippen LogP contribution in [0.1, 0.15) is 13.3 Å². The zero-order valence-electron chi connectivity index (χ0n) is 12.1. The second kappa shape index (κ2) is 7.61. The molecule has 0 saturated heterocycles. The average molecular weight is 284 g/mol. The fourth-order valence-corrected chi connectivity index (χ4v) is 3.97. The van der Waals surface area contributed by atoms with Crippen molar-refractivity contribution in [2.75, 3.05) is 32.4 Å². The van der Waals surface area contributed by atoms with Gasteiger partial charge in [0.25, 0.3) is 0 Å². The topological polar surface area (TPSA) is 57.0 Å². The van der Waals surface area contributed by atoms with E-state index >= 15 is 0 Å². The van der Waals surface area contributed by atoms with Crippen LogP contribution in [0.3, 0.4) is 0 Å². The second-order valence-electron chi connectivity index (χ2n) is 4.39. The Kier molecular flexibility index (Phi) is 6.46. The number of hydrogen-bond acceptors (Lipinski definition) is 5. The highest BCUT2D eigenvalue weighted by Gasteiger charge is 2.47. The number of nitrogens with zero attached hydrogens (tertiary/aromatic N) is 1. The van der Waals surface area contributed by atoms with Crippen LogP contribution in [0.25, 0.3) is 0 Å². The number of nitrogens with two attached hydrogens (primary N) is 1. The van der Waals surface area contributed by atoms with Gasteiger partial charge in [0.2, 0.25) is 0 Å². The Bertz CT molecular complexity index is 350. The fraction of sp³-hybridized carbons (Fsp3) is 0.538. The molecule has 0 aliphatic carbocycles. The molecule has 0 aromatic heterocycles. The monoisotopic (exact) mass is 284 g/mol. The number of anilines is 1. The quantitative estimate of drug-likeness (QED) is 0.735. The van der Waals surface area contributed by atoms with Crippen molar-refractivity contribution in [3.05, 3.63) is 30.3 Å². The Labute approximate surface area is 116 Å². The van der Waals surface area contributed by atoms with Crippen molar-refractivity contribution in [1.29, 1.82) is 0 Å². The Morgan fingerprint density at radius 3 is 2.05 bits per heavy atom. The molecule has 2 N–H and O–H groups in total. The molecule has 108 valence electrons. The van der Waals surface area contributed by atoms with Crippen LogP contribution in [-0.2, 0) is 13.3 Å². The van der Waals surface area contributed by atoms with Crippen LogP contribution >= 0.6 is 0 Å². The maximum Gasteiger partial charge on any atom is 0.632 e. The molecule has 0 heterocycles. The average Bonchev–Trinajstić information content (AvgIpc) is 2.44. The van der Waals surface area contributed by atoms with Gasteiger partial charge in [-0.2, -0.15) is 0 Å². The van der Waals surface area contributed by atoms with E-state index in [0.717, 1.165) is 18.7 Å². The van der Waals surface area contributed by atoms with Gasteiger partial charge < -0.3 is 23.6 Å². The van der Waals surface area contributed by atoms with Crippen LogP contribution in [0.4, 0.5) is 5.69 Å². The van der Waals surface area contributed by atoms with Gasteiger partial charge in [-0.05, 0) is 25.5 Å². The molecule has 0 aliphatic rings. The summed E-state index contributed by atoms with van der Waals surface area (Å²) in [4.78, 5) is 0. The van der Waals surface area contributed by atoms with Crippen LogP contribution in [-0.4, -0.2) is 42.9 Å². The van der Waals surface area contributed by atoms with Gasteiger partial charge in [0.1, 0.15) is 0 Å². The summed E-state index contributed by atoms with van der Waals surface area (Å²) in [5, 5.41) is 0. The Morgan fingerprint density at radius 2 is 1.63 bits per heavy atom. The molecule has 0 spiro atoms. The highest BCUT2D eigenvalue weighted by molar-refractivity contribution is 6.65. The summed E-state index contributed by atoms with van der Waals surface area (Å²) in [7, 11) is 1.96. The lowest BCUT2D eigenvalue weighted by Gasteiger charge is -2.37. The molecule has 1 atom stereocenters. The molecule has 0 bridgehead atoms. The molecule has 1 aromatic carbocycles. The summed E-state index contributed by atoms with van der Waals surface area (Å²) in [6, 6.07) is 10.1. The number of hydrogen-bond donors (Lipinski definition) is 1. The van der Waals surface area contributed by atoms with Gasteiger partial charge in [-0.15, -0.1) is 0 Å². The molecule has 0 aliphatic heterocycles. The van der Waals surface area contributed by atoms with Crippen LogP contribution in [0, 0.1) is 0 Å². The highest BCUT2D eigenvalue weighted by atomic mass is 28.4. The minimum absolute atomic E-state index is 0.114. The van der Waals surface area contributed by atoms with E-state index in [1.807, 2.05) is 37.3 Å². The summed E-state index contributed by atoms with van der Waals surface area (Å²) in [6.45, 7) is 2.71. The summed E-state index contributed by atoms with van der Waals surface area (Å²) in [5.74, 6) is 0. The van der Waals surface area contributed by atoms with Crippen LogP contribution in [0.5, 0.6) is 0 Å². The fourth-order valence-electron chi connectivity index (χ4n) is 1.95. The first-order valence-electron chi connectivity index (χ1n) is 6.33. The molecule has 19 heavy (non-hydrogen) atoms. The molecule has 0 radical (unpaired) electrons. The van der Waals surface area contributed by atoms with E-state index in [2.05, 4.69) is 4.57 Å². The van der Waals surface area contributed by atoms with E-state index in [-0.39, 0.29) is 6.04 Å². The smallest absolute Gasteiger partial charge is 0.360 e. The molecule has 0 saturated carbocycles. The minimum Gasteiger partial charge on any atom is -0.360 e. The van der Waals surface area contributed by atoms with E-state index in [0.29, 0.717) is 0 Å². The lowest BCUT2D eigenvalue weighted by Crippen LogP contribution is -2.60. The maximum atomic E-state index is 5.85. The van der Waals surface area contributed by atoms with Crippen molar-refractivity contribution in [3.63, 3.8) is 0 Å². The lowest BCUT2D eigenvalue weighted by atomic mass is 10.2. The molecule has 6 heteroatoms. The Balaban J connectivity index is 3.03. The van der Waals surface area contributed by atoms with Crippen LogP contribution in [0.15, 0.2) is 30.3 Å². The largest absolute Gasteiger partial charge is 0.632 e. The third-order valence-corrected chi connectivity index (χ3v) is 5.67. The van der Waals surface area contributed by atoms with Gasteiger partial charge in [0.15, 0.2) is 0 Å². The van der Waals surface area contributed by atoms with Crippen LogP contribution in [0.2, 0.25) is 0 Å².